The van der Waals surface area contributed by atoms with Crippen molar-refractivity contribution in [3.63, 3.8) is 0 Å². The highest BCUT2D eigenvalue weighted by Gasteiger charge is 2.49. The number of para-hydroxylation sites is 1. The molecule has 5 aromatic rings. The highest BCUT2D eigenvalue weighted by atomic mass is 15.1. The van der Waals surface area contributed by atoms with Gasteiger partial charge in [0.2, 0.25) is 11.4 Å². The molecule has 0 aliphatic carbocycles. The molecule has 0 fully saturated rings. The maximum absolute atomic E-state index is 2.58. The molecule has 0 spiro atoms. The van der Waals surface area contributed by atoms with Crippen molar-refractivity contribution in [2.45, 2.75) is 85.1 Å². The summed E-state index contributed by atoms with van der Waals surface area (Å²) >= 11 is 0. The summed E-state index contributed by atoms with van der Waals surface area (Å²) in [6.07, 6.45) is 14.0. The molecular formula is C52H62N4+2. The Balaban J connectivity index is 1.19. The molecule has 1 atom stereocenters. The Morgan fingerprint density at radius 3 is 1.84 bits per heavy atom. The third-order valence-electron chi connectivity index (χ3n) is 12.5. The number of hydrogen-bond acceptors (Lipinski definition) is 2. The van der Waals surface area contributed by atoms with E-state index in [1.165, 1.54) is 61.5 Å². The van der Waals surface area contributed by atoms with Crippen LogP contribution < -0.4 is 9.80 Å². The lowest BCUT2D eigenvalue weighted by molar-refractivity contribution is -0.466. The Bertz CT molecular complexity index is 2280. The number of anilines is 2. The van der Waals surface area contributed by atoms with E-state index in [2.05, 4.69) is 214 Å². The van der Waals surface area contributed by atoms with Crippen LogP contribution in [0.1, 0.15) is 90.5 Å². The normalized spacial score (nSPS) is 17.7. The monoisotopic (exact) mass is 742 g/mol. The Morgan fingerprint density at radius 2 is 1.20 bits per heavy atom. The summed E-state index contributed by atoms with van der Waals surface area (Å²) < 4.78 is 5.16. The molecule has 288 valence electrons. The summed E-state index contributed by atoms with van der Waals surface area (Å²) in [4.78, 5) is 4.79. The zero-order chi connectivity index (χ0) is 39.5. The van der Waals surface area contributed by atoms with Crippen LogP contribution in [-0.4, -0.2) is 59.8 Å². The smallest absolute Gasteiger partial charge is 0.210 e. The summed E-state index contributed by atoms with van der Waals surface area (Å²) in [5, 5.41) is 2.67. The maximum Gasteiger partial charge on any atom is 0.210 e. The van der Waals surface area contributed by atoms with Crippen molar-refractivity contribution in [3.8, 4) is 0 Å². The molecule has 0 bridgehead atoms. The van der Waals surface area contributed by atoms with Crippen LogP contribution >= 0.6 is 0 Å². The van der Waals surface area contributed by atoms with Crippen molar-refractivity contribution >= 4 is 57.6 Å². The van der Waals surface area contributed by atoms with E-state index >= 15 is 0 Å². The molecule has 4 heteroatoms. The fraction of sp³-hybridized carbons (Fsp3) is 0.346. The van der Waals surface area contributed by atoms with Gasteiger partial charge < -0.3 is 9.80 Å². The van der Waals surface area contributed by atoms with Crippen molar-refractivity contribution in [1.82, 2.24) is 0 Å². The van der Waals surface area contributed by atoms with Gasteiger partial charge in [0, 0.05) is 79.7 Å². The van der Waals surface area contributed by atoms with Crippen molar-refractivity contribution in [1.29, 1.82) is 0 Å². The van der Waals surface area contributed by atoms with Gasteiger partial charge in [0.05, 0.1) is 10.8 Å². The molecule has 0 aromatic heterocycles. The van der Waals surface area contributed by atoms with Gasteiger partial charge in [-0.15, -0.1) is 0 Å². The van der Waals surface area contributed by atoms with Gasteiger partial charge in [-0.2, -0.15) is 9.15 Å². The zero-order valence-electron chi connectivity index (χ0n) is 35.1. The van der Waals surface area contributed by atoms with Gasteiger partial charge >= 0.3 is 0 Å². The van der Waals surface area contributed by atoms with Crippen molar-refractivity contribution in [2.75, 3.05) is 42.5 Å². The number of benzene rings is 5. The molecule has 0 saturated heterocycles. The van der Waals surface area contributed by atoms with Crippen LogP contribution in [-0.2, 0) is 10.8 Å². The van der Waals surface area contributed by atoms with E-state index in [0.717, 1.165) is 45.6 Å². The quantitative estimate of drug-likeness (QED) is 0.0830. The SMILES string of the molecule is CCN(CC)c1ccc(C=CC2=[N+](CCCC=[N+]3c4ccc5ccccc5c4C(C)(C)C3C=Cc3ccc(N(CC)CC)cc3)c3ccccc3C2(C)C)cc1. The van der Waals surface area contributed by atoms with E-state index in [-0.39, 0.29) is 16.9 Å². The number of hydrogen-bond donors (Lipinski definition) is 0. The van der Waals surface area contributed by atoms with Crippen LogP contribution in [0.2, 0.25) is 0 Å². The van der Waals surface area contributed by atoms with Crippen molar-refractivity contribution in [3.05, 3.63) is 144 Å². The second-order valence-electron chi connectivity index (χ2n) is 16.5. The van der Waals surface area contributed by atoms with Gasteiger partial charge in [-0.25, -0.2) is 0 Å². The first-order chi connectivity index (χ1) is 27.1. The average Bonchev–Trinajstić information content (AvgIpc) is 3.57. The first kappa shape index (κ1) is 39.0. The Labute approximate surface area is 336 Å². The van der Waals surface area contributed by atoms with Gasteiger partial charge in [-0.3, -0.25) is 0 Å². The fourth-order valence-electron chi connectivity index (χ4n) is 9.35. The van der Waals surface area contributed by atoms with Crippen LogP contribution in [0.5, 0.6) is 0 Å². The molecule has 2 aliphatic heterocycles. The first-order valence-corrected chi connectivity index (χ1v) is 21.1. The van der Waals surface area contributed by atoms with Crippen LogP contribution in [0.25, 0.3) is 22.9 Å². The van der Waals surface area contributed by atoms with Crippen molar-refractivity contribution < 1.29 is 9.15 Å². The summed E-state index contributed by atoms with van der Waals surface area (Å²) in [7, 11) is 0. The van der Waals surface area contributed by atoms with Crippen LogP contribution in [0.4, 0.5) is 22.7 Å². The number of unbranched alkanes of at least 4 members (excludes halogenated alkanes) is 1. The largest absolute Gasteiger partial charge is 0.372 e. The molecule has 56 heavy (non-hydrogen) atoms. The molecule has 0 radical (unpaired) electrons. The highest BCUT2D eigenvalue weighted by Crippen LogP contribution is 2.48. The minimum absolute atomic E-state index is 0.0857. The lowest BCUT2D eigenvalue weighted by Gasteiger charge is -2.22. The minimum Gasteiger partial charge on any atom is -0.372 e. The first-order valence-electron chi connectivity index (χ1n) is 21.1. The topological polar surface area (TPSA) is 12.5 Å². The summed E-state index contributed by atoms with van der Waals surface area (Å²) in [5.74, 6) is 0. The molecular weight excluding hydrogens is 681 g/mol. The van der Waals surface area contributed by atoms with Crippen LogP contribution in [0.3, 0.4) is 0 Å². The lowest BCUT2D eigenvalue weighted by Crippen LogP contribution is -2.33. The number of allylic oxidation sites excluding steroid dienone is 1. The van der Waals surface area contributed by atoms with E-state index in [1.54, 1.807) is 0 Å². The van der Waals surface area contributed by atoms with Gasteiger partial charge in [-0.1, -0.05) is 72.8 Å². The van der Waals surface area contributed by atoms with Gasteiger partial charge in [0.15, 0.2) is 11.8 Å². The molecule has 2 aliphatic rings. The fourth-order valence-corrected chi connectivity index (χ4v) is 9.35. The third kappa shape index (κ3) is 7.39. The van der Waals surface area contributed by atoms with Crippen LogP contribution in [0.15, 0.2) is 121 Å². The van der Waals surface area contributed by atoms with Gasteiger partial charge in [0.25, 0.3) is 0 Å². The van der Waals surface area contributed by atoms with E-state index in [0.29, 0.717) is 0 Å². The Hall–Kier alpha value is -5.22. The minimum atomic E-state index is -0.0869. The summed E-state index contributed by atoms with van der Waals surface area (Å²) in [5.41, 5.74) is 11.7. The molecule has 0 N–H and O–H groups in total. The molecule has 7 rings (SSSR count). The highest BCUT2D eigenvalue weighted by molar-refractivity contribution is 6.05. The van der Waals surface area contributed by atoms with E-state index in [9.17, 15) is 0 Å². The van der Waals surface area contributed by atoms with E-state index < -0.39 is 0 Å². The van der Waals surface area contributed by atoms with E-state index in [4.69, 9.17) is 0 Å². The zero-order valence-corrected chi connectivity index (χ0v) is 35.1. The number of nitrogens with zero attached hydrogens (tertiary/aromatic N) is 4. The summed E-state index contributed by atoms with van der Waals surface area (Å²) in [6, 6.07) is 40.8. The predicted octanol–water partition coefficient (Wildman–Crippen LogP) is 12.2. The predicted molar refractivity (Wildman–Crippen MR) is 243 cm³/mol. The number of rotatable bonds is 14. The van der Waals surface area contributed by atoms with Crippen molar-refractivity contribution in [2.24, 2.45) is 0 Å². The second-order valence-corrected chi connectivity index (χ2v) is 16.5. The van der Waals surface area contributed by atoms with Crippen LogP contribution in [0, 0.1) is 0 Å². The summed E-state index contributed by atoms with van der Waals surface area (Å²) in [6.45, 7) is 23.5. The lowest BCUT2D eigenvalue weighted by atomic mass is 9.78. The molecule has 0 saturated carbocycles. The standard InChI is InChI=1S/C52H62N4/c1-9-53(10-2)42-30-23-39(24-31-42)27-35-48-51(5,6)45-21-15-16-22-46(45)55(48)37-17-18-38-56-47-34-29-41-19-13-14-20-44(41)50(47)52(7,8)49(56)36-28-40-25-32-43(33-26-40)54(11-3)12-4/h13-16,19-36,38,49H,9-12,17-18,37H2,1-8H3/q+2. The van der Waals surface area contributed by atoms with E-state index in [1.807, 2.05) is 0 Å². The molecule has 1 unspecified atom stereocenters. The second kappa shape index (κ2) is 16.5. The Morgan fingerprint density at radius 1 is 0.607 bits per heavy atom. The molecule has 2 heterocycles. The molecule has 0 amide bonds. The maximum atomic E-state index is 2.58. The molecule has 5 aromatic carbocycles. The average molecular weight is 743 g/mol. The van der Waals surface area contributed by atoms with Gasteiger partial charge in [-0.05, 0) is 120 Å². The third-order valence-corrected chi connectivity index (χ3v) is 12.5. The van der Waals surface area contributed by atoms with Gasteiger partial charge in [0.1, 0.15) is 12.8 Å². The Kier molecular flexibility index (Phi) is 11.5. The number of fused-ring (bicyclic) bond motifs is 4. The molecule has 4 nitrogen and oxygen atoms in total.